The number of fused-ring (bicyclic) bond motifs is 1. The fraction of sp³-hybridized carbons (Fsp3) is 0.316. The number of ether oxygens (including phenoxy) is 3. The highest BCUT2D eigenvalue weighted by Gasteiger charge is 2.27. The zero-order valence-corrected chi connectivity index (χ0v) is 14.8. The van der Waals surface area contributed by atoms with E-state index in [2.05, 4.69) is 19.9 Å². The zero-order chi connectivity index (χ0) is 17.9. The summed E-state index contributed by atoms with van der Waals surface area (Å²) in [6, 6.07) is 7.60. The summed E-state index contributed by atoms with van der Waals surface area (Å²) in [5.74, 6) is 2.99. The van der Waals surface area contributed by atoms with Crippen molar-refractivity contribution in [2.45, 2.75) is 12.5 Å². The van der Waals surface area contributed by atoms with Crippen LogP contribution in [0.4, 0.5) is 5.82 Å². The molecule has 7 heteroatoms. The quantitative estimate of drug-likeness (QED) is 0.699. The lowest BCUT2D eigenvalue weighted by molar-refractivity contribution is 0.224. The van der Waals surface area contributed by atoms with Crippen LogP contribution in [0.15, 0.2) is 43.0 Å². The molecule has 1 aliphatic rings. The van der Waals surface area contributed by atoms with E-state index >= 15 is 0 Å². The lowest BCUT2D eigenvalue weighted by atomic mass is 10.2. The molecule has 0 bridgehead atoms. The van der Waals surface area contributed by atoms with Gasteiger partial charge < -0.3 is 19.1 Å². The minimum absolute atomic E-state index is 0.101. The molecule has 1 saturated heterocycles. The largest absolute Gasteiger partial charge is 0.493 e. The van der Waals surface area contributed by atoms with Crippen LogP contribution in [0.1, 0.15) is 6.42 Å². The first-order valence-corrected chi connectivity index (χ1v) is 8.47. The molecule has 3 heterocycles. The number of anilines is 1. The van der Waals surface area contributed by atoms with Gasteiger partial charge in [-0.15, -0.1) is 0 Å². The Hall–Kier alpha value is -3.09. The van der Waals surface area contributed by atoms with Crippen molar-refractivity contribution in [2.24, 2.45) is 0 Å². The second-order valence-corrected chi connectivity index (χ2v) is 6.08. The summed E-state index contributed by atoms with van der Waals surface area (Å²) < 4.78 is 16.8. The lowest BCUT2D eigenvalue weighted by Crippen LogP contribution is -2.25. The molecule has 0 N–H and O–H groups in total. The van der Waals surface area contributed by atoms with E-state index in [-0.39, 0.29) is 6.10 Å². The SMILES string of the molecule is COc1cc2ncnc(N3CCC(Oc4cccnc4)C3)c2cc1OC. The van der Waals surface area contributed by atoms with Crippen LogP contribution in [0.3, 0.4) is 0 Å². The van der Waals surface area contributed by atoms with Crippen LogP contribution < -0.4 is 19.1 Å². The van der Waals surface area contributed by atoms with Crippen molar-refractivity contribution in [2.75, 3.05) is 32.2 Å². The third-order valence-corrected chi connectivity index (χ3v) is 4.50. The van der Waals surface area contributed by atoms with Crippen molar-refractivity contribution in [1.29, 1.82) is 0 Å². The zero-order valence-electron chi connectivity index (χ0n) is 14.8. The summed E-state index contributed by atoms with van der Waals surface area (Å²) in [4.78, 5) is 15.2. The highest BCUT2D eigenvalue weighted by Crippen LogP contribution is 2.35. The molecule has 0 amide bonds. The van der Waals surface area contributed by atoms with Crippen LogP contribution in [0.5, 0.6) is 17.2 Å². The molecule has 1 fully saturated rings. The minimum atomic E-state index is 0.101. The van der Waals surface area contributed by atoms with E-state index in [1.54, 1.807) is 32.9 Å². The van der Waals surface area contributed by atoms with E-state index < -0.39 is 0 Å². The van der Waals surface area contributed by atoms with Gasteiger partial charge in [-0.3, -0.25) is 4.98 Å². The summed E-state index contributed by atoms with van der Waals surface area (Å²) in [6.45, 7) is 1.63. The monoisotopic (exact) mass is 352 g/mol. The Kier molecular flexibility index (Phi) is 4.43. The standard InChI is InChI=1S/C19H20N4O3/c1-24-17-8-15-16(9-18(17)25-2)21-12-22-19(15)23-7-5-14(11-23)26-13-4-3-6-20-10-13/h3-4,6,8-10,12,14H,5,7,11H2,1-2H3. The van der Waals surface area contributed by atoms with Gasteiger partial charge in [0.05, 0.1) is 32.5 Å². The second kappa shape index (κ2) is 7.03. The van der Waals surface area contributed by atoms with Crippen molar-refractivity contribution in [3.8, 4) is 17.2 Å². The maximum absolute atomic E-state index is 6.03. The first kappa shape index (κ1) is 16.4. The van der Waals surface area contributed by atoms with Crippen LogP contribution in [-0.4, -0.2) is 48.4 Å². The van der Waals surface area contributed by atoms with Crippen LogP contribution >= 0.6 is 0 Å². The van der Waals surface area contributed by atoms with Crippen molar-refractivity contribution < 1.29 is 14.2 Å². The van der Waals surface area contributed by atoms with Crippen LogP contribution in [-0.2, 0) is 0 Å². The smallest absolute Gasteiger partial charge is 0.162 e. The molecule has 7 nitrogen and oxygen atoms in total. The first-order chi connectivity index (χ1) is 12.8. The van der Waals surface area contributed by atoms with Crippen LogP contribution in [0.25, 0.3) is 10.9 Å². The molecule has 0 aliphatic carbocycles. The topological polar surface area (TPSA) is 69.6 Å². The lowest BCUT2D eigenvalue weighted by Gasteiger charge is -2.20. The normalized spacial score (nSPS) is 16.7. The van der Waals surface area contributed by atoms with Gasteiger partial charge in [0.25, 0.3) is 0 Å². The highest BCUT2D eigenvalue weighted by molar-refractivity contribution is 5.92. The maximum Gasteiger partial charge on any atom is 0.162 e. The van der Waals surface area contributed by atoms with E-state index in [1.165, 1.54) is 0 Å². The summed E-state index contributed by atoms with van der Waals surface area (Å²) in [7, 11) is 3.24. The van der Waals surface area contributed by atoms with E-state index in [0.29, 0.717) is 11.5 Å². The Morgan fingerprint density at radius 2 is 1.96 bits per heavy atom. The van der Waals surface area contributed by atoms with Crippen molar-refractivity contribution in [1.82, 2.24) is 15.0 Å². The molecule has 0 saturated carbocycles. The fourth-order valence-electron chi connectivity index (χ4n) is 3.25. The molecule has 3 aromatic rings. The Morgan fingerprint density at radius 3 is 2.73 bits per heavy atom. The number of aromatic nitrogens is 3. The second-order valence-electron chi connectivity index (χ2n) is 6.08. The number of hydrogen-bond acceptors (Lipinski definition) is 7. The average Bonchev–Trinajstić information content (AvgIpc) is 3.15. The first-order valence-electron chi connectivity index (χ1n) is 8.47. The molecular weight excluding hydrogens is 332 g/mol. The van der Waals surface area contributed by atoms with E-state index in [9.17, 15) is 0 Å². The van der Waals surface area contributed by atoms with E-state index in [1.807, 2.05) is 24.3 Å². The number of methoxy groups -OCH3 is 2. The van der Waals surface area contributed by atoms with Gasteiger partial charge in [-0.25, -0.2) is 9.97 Å². The summed E-state index contributed by atoms with van der Waals surface area (Å²) >= 11 is 0. The number of pyridine rings is 1. The Morgan fingerprint density at radius 1 is 1.12 bits per heavy atom. The predicted octanol–water partition coefficient (Wildman–Crippen LogP) is 2.70. The Labute approximate surface area is 151 Å². The summed E-state index contributed by atoms with van der Waals surface area (Å²) in [5, 5.41) is 0.937. The van der Waals surface area contributed by atoms with Crippen molar-refractivity contribution in [3.63, 3.8) is 0 Å². The van der Waals surface area contributed by atoms with Gasteiger partial charge in [-0.1, -0.05) is 0 Å². The van der Waals surface area contributed by atoms with Gasteiger partial charge in [-0.2, -0.15) is 0 Å². The maximum atomic E-state index is 6.03. The Bertz CT molecular complexity index is 904. The van der Waals surface area contributed by atoms with Gasteiger partial charge in [0.15, 0.2) is 11.5 Å². The number of rotatable bonds is 5. The van der Waals surface area contributed by atoms with Gasteiger partial charge >= 0.3 is 0 Å². The van der Waals surface area contributed by atoms with Crippen LogP contribution in [0.2, 0.25) is 0 Å². The third kappa shape index (κ3) is 3.08. The van der Waals surface area contributed by atoms with Crippen molar-refractivity contribution in [3.05, 3.63) is 43.0 Å². The molecule has 4 rings (SSSR count). The van der Waals surface area contributed by atoms with Gasteiger partial charge in [-0.05, 0) is 18.2 Å². The Balaban J connectivity index is 1.61. The molecule has 1 aliphatic heterocycles. The number of hydrogen-bond donors (Lipinski definition) is 0. The fourth-order valence-corrected chi connectivity index (χ4v) is 3.25. The molecule has 0 radical (unpaired) electrons. The average molecular weight is 352 g/mol. The molecular formula is C19H20N4O3. The van der Waals surface area contributed by atoms with Gasteiger partial charge in [0.1, 0.15) is 24.0 Å². The molecule has 1 aromatic carbocycles. The number of benzene rings is 1. The number of nitrogens with zero attached hydrogens (tertiary/aromatic N) is 4. The van der Waals surface area contributed by atoms with Gasteiger partial charge in [0.2, 0.25) is 0 Å². The highest BCUT2D eigenvalue weighted by atomic mass is 16.5. The summed E-state index contributed by atoms with van der Waals surface area (Å²) in [6.07, 6.45) is 6.08. The molecule has 26 heavy (non-hydrogen) atoms. The molecule has 0 spiro atoms. The molecule has 134 valence electrons. The minimum Gasteiger partial charge on any atom is -0.493 e. The van der Waals surface area contributed by atoms with Gasteiger partial charge in [0, 0.05) is 30.6 Å². The molecule has 2 aromatic heterocycles. The molecule has 1 unspecified atom stereocenters. The molecule has 1 atom stereocenters. The van der Waals surface area contributed by atoms with Crippen LogP contribution in [0, 0.1) is 0 Å². The predicted molar refractivity (Wildman–Crippen MR) is 98.1 cm³/mol. The van der Waals surface area contributed by atoms with E-state index in [4.69, 9.17) is 14.2 Å². The van der Waals surface area contributed by atoms with E-state index in [0.717, 1.165) is 42.0 Å². The third-order valence-electron chi connectivity index (χ3n) is 4.50. The van der Waals surface area contributed by atoms with Crippen molar-refractivity contribution >= 4 is 16.7 Å². The summed E-state index contributed by atoms with van der Waals surface area (Å²) in [5.41, 5.74) is 0.823.